The quantitative estimate of drug-likeness (QED) is 0.677. The molecule has 1 aromatic heterocycles. The molecule has 1 amide bonds. The normalized spacial score (nSPS) is 11.0. The van der Waals surface area contributed by atoms with Gasteiger partial charge < -0.3 is 4.74 Å². The zero-order chi connectivity index (χ0) is 15.1. The molecule has 1 N–H and O–H groups in total. The Morgan fingerprint density at radius 3 is 2.76 bits per heavy atom. The predicted octanol–water partition coefficient (Wildman–Crippen LogP) is 2.14. The second kappa shape index (κ2) is 7.14. The summed E-state index contributed by atoms with van der Waals surface area (Å²) in [6.45, 7) is 1.40. The van der Waals surface area contributed by atoms with Crippen molar-refractivity contribution in [3.8, 4) is 5.75 Å². The summed E-state index contributed by atoms with van der Waals surface area (Å²) < 4.78 is 18.3. The fourth-order valence-corrected chi connectivity index (χ4v) is 1.52. The maximum atomic E-state index is 13.3. The molecule has 1 aromatic carbocycles. The van der Waals surface area contributed by atoms with Gasteiger partial charge in [-0.1, -0.05) is 18.2 Å². The number of carbonyl (C=O) groups excluding carboxylic acids is 1. The van der Waals surface area contributed by atoms with Crippen LogP contribution in [0.3, 0.4) is 0 Å². The summed E-state index contributed by atoms with van der Waals surface area (Å²) >= 11 is 0. The first kappa shape index (κ1) is 14.6. The Labute approximate surface area is 121 Å². The summed E-state index contributed by atoms with van der Waals surface area (Å²) in [5, 5.41) is 3.91. The molecule has 5 nitrogen and oxygen atoms in total. The van der Waals surface area contributed by atoms with Crippen molar-refractivity contribution in [2.75, 3.05) is 6.61 Å². The van der Waals surface area contributed by atoms with Crippen molar-refractivity contribution in [1.29, 1.82) is 0 Å². The van der Waals surface area contributed by atoms with Crippen LogP contribution in [0.5, 0.6) is 5.75 Å². The molecule has 0 saturated heterocycles. The summed E-state index contributed by atoms with van der Waals surface area (Å²) in [6.07, 6.45) is 1.64. The van der Waals surface area contributed by atoms with Crippen LogP contribution in [0.1, 0.15) is 12.6 Å². The SMILES string of the molecule is CC(=NNC(=O)COc1ccccc1F)c1ccccn1. The van der Waals surface area contributed by atoms with Gasteiger partial charge in [-0.25, -0.2) is 9.82 Å². The maximum absolute atomic E-state index is 13.3. The number of nitrogens with one attached hydrogen (secondary N) is 1. The van der Waals surface area contributed by atoms with Crippen LogP contribution in [0, 0.1) is 5.82 Å². The lowest BCUT2D eigenvalue weighted by atomic mass is 10.3. The lowest BCUT2D eigenvalue weighted by Crippen LogP contribution is -2.25. The number of pyridine rings is 1. The minimum atomic E-state index is -0.515. The van der Waals surface area contributed by atoms with E-state index in [2.05, 4.69) is 15.5 Å². The van der Waals surface area contributed by atoms with E-state index in [1.54, 1.807) is 37.4 Å². The highest BCUT2D eigenvalue weighted by molar-refractivity contribution is 5.97. The number of ether oxygens (including phenoxy) is 1. The average molecular weight is 287 g/mol. The van der Waals surface area contributed by atoms with Gasteiger partial charge in [0.1, 0.15) is 0 Å². The summed E-state index contributed by atoms with van der Waals surface area (Å²) in [5.41, 5.74) is 3.56. The molecule has 0 atom stereocenters. The number of hydrazone groups is 1. The Kier molecular flexibility index (Phi) is 4.98. The molecule has 2 rings (SSSR count). The molecule has 108 valence electrons. The van der Waals surface area contributed by atoms with E-state index in [0.717, 1.165) is 0 Å². The standard InChI is InChI=1S/C15H14FN3O2/c1-11(13-7-4-5-9-17-13)18-19-15(20)10-21-14-8-3-2-6-12(14)16/h2-9H,10H2,1H3,(H,19,20). The zero-order valence-electron chi connectivity index (χ0n) is 11.4. The number of aromatic nitrogens is 1. The molecule has 0 bridgehead atoms. The minimum Gasteiger partial charge on any atom is -0.481 e. The van der Waals surface area contributed by atoms with Crippen LogP contribution in [-0.4, -0.2) is 23.2 Å². The van der Waals surface area contributed by atoms with E-state index >= 15 is 0 Å². The molecule has 0 saturated carbocycles. The van der Waals surface area contributed by atoms with Crippen molar-refractivity contribution in [2.24, 2.45) is 5.10 Å². The van der Waals surface area contributed by atoms with Crippen LogP contribution in [0.25, 0.3) is 0 Å². The zero-order valence-corrected chi connectivity index (χ0v) is 11.4. The molecule has 21 heavy (non-hydrogen) atoms. The van der Waals surface area contributed by atoms with E-state index in [1.165, 1.54) is 12.1 Å². The van der Waals surface area contributed by atoms with E-state index in [4.69, 9.17) is 4.74 Å². The number of rotatable bonds is 5. The van der Waals surface area contributed by atoms with E-state index in [-0.39, 0.29) is 12.4 Å². The van der Waals surface area contributed by atoms with Crippen molar-refractivity contribution in [1.82, 2.24) is 10.4 Å². The van der Waals surface area contributed by atoms with Crippen LogP contribution in [-0.2, 0) is 4.79 Å². The summed E-state index contributed by atoms with van der Waals surface area (Å²) in [6, 6.07) is 11.3. The summed E-state index contributed by atoms with van der Waals surface area (Å²) in [4.78, 5) is 15.7. The second-order valence-electron chi connectivity index (χ2n) is 4.17. The van der Waals surface area contributed by atoms with E-state index in [9.17, 15) is 9.18 Å². The van der Waals surface area contributed by atoms with Crippen molar-refractivity contribution in [3.63, 3.8) is 0 Å². The highest BCUT2D eigenvalue weighted by Crippen LogP contribution is 2.14. The molecule has 0 aliphatic heterocycles. The maximum Gasteiger partial charge on any atom is 0.277 e. The van der Waals surface area contributed by atoms with Gasteiger partial charge in [-0.2, -0.15) is 5.10 Å². The molecule has 0 aliphatic carbocycles. The predicted molar refractivity (Wildman–Crippen MR) is 76.5 cm³/mol. The third kappa shape index (κ3) is 4.38. The Morgan fingerprint density at radius 1 is 1.29 bits per heavy atom. The van der Waals surface area contributed by atoms with Gasteiger partial charge in [0.2, 0.25) is 0 Å². The molecule has 0 spiro atoms. The largest absolute Gasteiger partial charge is 0.481 e. The number of nitrogens with zero attached hydrogens (tertiary/aromatic N) is 2. The molecule has 0 fully saturated rings. The van der Waals surface area contributed by atoms with Crippen LogP contribution in [0.4, 0.5) is 4.39 Å². The molecule has 0 aliphatic rings. The summed E-state index contributed by atoms with van der Waals surface area (Å²) in [5.74, 6) is -0.968. The van der Waals surface area contributed by atoms with Gasteiger partial charge in [0.25, 0.3) is 5.91 Å². The Hall–Kier alpha value is -2.76. The smallest absolute Gasteiger partial charge is 0.277 e. The first-order valence-corrected chi connectivity index (χ1v) is 6.28. The molecular formula is C15H14FN3O2. The first-order chi connectivity index (χ1) is 10.2. The van der Waals surface area contributed by atoms with E-state index < -0.39 is 11.7 Å². The fourth-order valence-electron chi connectivity index (χ4n) is 1.52. The van der Waals surface area contributed by atoms with Gasteiger partial charge in [-0.05, 0) is 31.2 Å². The lowest BCUT2D eigenvalue weighted by molar-refractivity contribution is -0.123. The third-order valence-electron chi connectivity index (χ3n) is 2.58. The van der Waals surface area contributed by atoms with Gasteiger partial charge in [0.05, 0.1) is 11.4 Å². The van der Waals surface area contributed by atoms with Gasteiger partial charge in [0.15, 0.2) is 18.2 Å². The molecule has 0 radical (unpaired) electrons. The summed E-state index contributed by atoms with van der Waals surface area (Å²) in [7, 11) is 0. The first-order valence-electron chi connectivity index (χ1n) is 6.28. The Bertz CT molecular complexity index is 644. The van der Waals surface area contributed by atoms with Crippen molar-refractivity contribution in [2.45, 2.75) is 6.92 Å². The highest BCUT2D eigenvalue weighted by Gasteiger charge is 2.06. The van der Waals surface area contributed by atoms with Crippen LogP contribution in [0.15, 0.2) is 53.8 Å². The van der Waals surface area contributed by atoms with E-state index in [0.29, 0.717) is 11.4 Å². The monoisotopic (exact) mass is 287 g/mol. The molecule has 1 heterocycles. The molecular weight excluding hydrogens is 273 g/mol. The molecule has 0 unspecified atom stereocenters. The van der Waals surface area contributed by atoms with Crippen LogP contribution < -0.4 is 10.2 Å². The van der Waals surface area contributed by atoms with Gasteiger partial charge >= 0.3 is 0 Å². The van der Waals surface area contributed by atoms with Crippen molar-refractivity contribution >= 4 is 11.6 Å². The Balaban J connectivity index is 1.87. The number of halogens is 1. The molecule has 6 heteroatoms. The van der Waals surface area contributed by atoms with Gasteiger partial charge in [-0.15, -0.1) is 0 Å². The Morgan fingerprint density at radius 2 is 2.05 bits per heavy atom. The van der Waals surface area contributed by atoms with Crippen molar-refractivity contribution < 1.29 is 13.9 Å². The number of benzene rings is 1. The number of carbonyl (C=O) groups is 1. The number of hydrogen-bond acceptors (Lipinski definition) is 4. The molecule has 2 aromatic rings. The lowest BCUT2D eigenvalue weighted by Gasteiger charge is -2.06. The third-order valence-corrected chi connectivity index (χ3v) is 2.58. The fraction of sp³-hybridized carbons (Fsp3) is 0.133. The highest BCUT2D eigenvalue weighted by atomic mass is 19.1. The van der Waals surface area contributed by atoms with Crippen LogP contribution >= 0.6 is 0 Å². The number of hydrogen-bond donors (Lipinski definition) is 1. The van der Waals surface area contributed by atoms with Crippen molar-refractivity contribution in [3.05, 3.63) is 60.2 Å². The average Bonchev–Trinajstić information content (AvgIpc) is 2.52. The number of amides is 1. The second-order valence-corrected chi connectivity index (χ2v) is 4.17. The minimum absolute atomic E-state index is 0.0260. The van der Waals surface area contributed by atoms with Crippen LogP contribution in [0.2, 0.25) is 0 Å². The van der Waals surface area contributed by atoms with E-state index in [1.807, 2.05) is 6.07 Å². The van der Waals surface area contributed by atoms with Gasteiger partial charge in [0, 0.05) is 6.20 Å². The van der Waals surface area contributed by atoms with Gasteiger partial charge in [-0.3, -0.25) is 9.78 Å². The topological polar surface area (TPSA) is 63.6 Å². The number of para-hydroxylation sites is 1.